The summed E-state index contributed by atoms with van der Waals surface area (Å²) < 4.78 is 1.46. The molecule has 1 aliphatic rings. The summed E-state index contributed by atoms with van der Waals surface area (Å²) in [7, 11) is 0. The summed E-state index contributed by atoms with van der Waals surface area (Å²) in [6.07, 6.45) is 2.56. The van der Waals surface area contributed by atoms with Crippen molar-refractivity contribution < 1.29 is 4.79 Å². The normalized spacial score (nSPS) is 17.4. The second kappa shape index (κ2) is 5.67. The van der Waals surface area contributed by atoms with E-state index in [0.29, 0.717) is 0 Å². The van der Waals surface area contributed by atoms with Gasteiger partial charge < -0.3 is 15.6 Å². The molecular weight excluding hydrogens is 244 g/mol. The number of carbonyl (C=O) groups excluding carboxylic acids is 1. The molecule has 0 spiro atoms. The third-order valence-corrected chi connectivity index (χ3v) is 3.33. The fraction of sp³-hybridized carbons (Fsp3) is 0.462. The summed E-state index contributed by atoms with van der Waals surface area (Å²) in [5.74, 6) is -0.337. The van der Waals surface area contributed by atoms with Gasteiger partial charge in [0.05, 0.1) is 6.07 Å². The van der Waals surface area contributed by atoms with Crippen LogP contribution in [0.15, 0.2) is 16.9 Å². The van der Waals surface area contributed by atoms with Crippen molar-refractivity contribution in [2.45, 2.75) is 31.8 Å². The first kappa shape index (κ1) is 13.3. The molecule has 0 bridgehead atoms. The molecule has 6 heteroatoms. The van der Waals surface area contributed by atoms with Crippen LogP contribution in [-0.4, -0.2) is 17.0 Å². The highest BCUT2D eigenvalue weighted by Crippen LogP contribution is 2.26. The van der Waals surface area contributed by atoms with E-state index in [1.54, 1.807) is 6.07 Å². The minimum atomic E-state index is -0.337. The number of fused-ring (bicyclic) bond motifs is 1. The first-order valence-corrected chi connectivity index (χ1v) is 6.25. The Hall–Kier alpha value is -2.13. The van der Waals surface area contributed by atoms with E-state index in [1.165, 1.54) is 10.6 Å². The van der Waals surface area contributed by atoms with Gasteiger partial charge in [-0.2, -0.15) is 5.26 Å². The van der Waals surface area contributed by atoms with Gasteiger partial charge >= 0.3 is 0 Å². The van der Waals surface area contributed by atoms with Crippen molar-refractivity contribution in [1.29, 1.82) is 5.26 Å². The van der Waals surface area contributed by atoms with Gasteiger partial charge in [0.1, 0.15) is 13.1 Å². The van der Waals surface area contributed by atoms with Crippen LogP contribution in [0.5, 0.6) is 0 Å². The van der Waals surface area contributed by atoms with E-state index in [4.69, 9.17) is 11.0 Å². The molecule has 1 aromatic rings. The topological polar surface area (TPSA) is 101 Å². The van der Waals surface area contributed by atoms with Gasteiger partial charge in [0.2, 0.25) is 5.91 Å². The van der Waals surface area contributed by atoms with Crippen molar-refractivity contribution in [2.24, 2.45) is 5.73 Å². The second-order valence-electron chi connectivity index (χ2n) is 4.59. The monoisotopic (exact) mass is 260 g/mol. The number of nitrogens with two attached hydrogens (primary N) is 1. The first-order chi connectivity index (χ1) is 9.13. The number of nitriles is 1. The highest BCUT2D eigenvalue weighted by Gasteiger charge is 2.21. The SMILES string of the molecule is N#CCNC(=O)Cn1c2c(ccc1=O)C(N)CCC2. The van der Waals surface area contributed by atoms with Gasteiger partial charge in [0.25, 0.3) is 5.56 Å². The van der Waals surface area contributed by atoms with Crippen LogP contribution in [-0.2, 0) is 17.8 Å². The molecule has 1 heterocycles. The number of rotatable bonds is 3. The lowest BCUT2D eigenvalue weighted by Gasteiger charge is -2.25. The number of amides is 1. The molecule has 0 radical (unpaired) electrons. The molecule has 0 saturated carbocycles. The van der Waals surface area contributed by atoms with Crippen molar-refractivity contribution in [3.05, 3.63) is 33.7 Å². The Morgan fingerprint density at radius 3 is 3.11 bits per heavy atom. The van der Waals surface area contributed by atoms with Crippen LogP contribution in [0.4, 0.5) is 0 Å². The van der Waals surface area contributed by atoms with E-state index in [9.17, 15) is 9.59 Å². The Bertz CT molecular complexity index is 585. The number of nitrogens with one attached hydrogen (secondary N) is 1. The first-order valence-electron chi connectivity index (χ1n) is 6.25. The zero-order valence-corrected chi connectivity index (χ0v) is 10.6. The maximum atomic E-state index is 11.9. The van der Waals surface area contributed by atoms with Gasteiger partial charge in [0, 0.05) is 17.8 Å². The standard InChI is InChI=1S/C13H16N4O2/c14-6-7-16-12(18)8-17-11-3-1-2-10(15)9(11)4-5-13(17)19/h4-5,10H,1-3,7-8,15H2,(H,16,18). The predicted molar refractivity (Wildman–Crippen MR) is 69.2 cm³/mol. The van der Waals surface area contributed by atoms with Gasteiger partial charge in [-0.15, -0.1) is 0 Å². The number of hydrogen-bond acceptors (Lipinski definition) is 4. The molecule has 0 aromatic carbocycles. The molecule has 1 unspecified atom stereocenters. The molecule has 1 atom stereocenters. The lowest BCUT2D eigenvalue weighted by Crippen LogP contribution is -2.35. The zero-order chi connectivity index (χ0) is 13.8. The summed E-state index contributed by atoms with van der Waals surface area (Å²) in [4.78, 5) is 23.5. The number of nitrogens with zero attached hydrogens (tertiary/aromatic N) is 2. The van der Waals surface area contributed by atoms with E-state index in [1.807, 2.05) is 6.07 Å². The van der Waals surface area contributed by atoms with Crippen molar-refractivity contribution in [2.75, 3.05) is 6.54 Å². The summed E-state index contributed by atoms with van der Waals surface area (Å²) in [5, 5.41) is 10.8. The maximum Gasteiger partial charge on any atom is 0.251 e. The van der Waals surface area contributed by atoms with Gasteiger partial charge in [-0.25, -0.2) is 0 Å². The molecule has 2 rings (SSSR count). The summed E-state index contributed by atoms with van der Waals surface area (Å²) in [5.41, 5.74) is 7.60. The Balaban J connectivity index is 2.30. The minimum absolute atomic E-state index is 0.0535. The van der Waals surface area contributed by atoms with Gasteiger partial charge in [-0.05, 0) is 24.8 Å². The molecule has 100 valence electrons. The van der Waals surface area contributed by atoms with Crippen LogP contribution in [0.1, 0.15) is 30.1 Å². The molecule has 0 saturated heterocycles. The number of aromatic nitrogens is 1. The van der Waals surface area contributed by atoms with Gasteiger partial charge in [-0.1, -0.05) is 6.07 Å². The Kier molecular flexibility index (Phi) is 3.97. The van der Waals surface area contributed by atoms with Crippen LogP contribution in [0.2, 0.25) is 0 Å². The van der Waals surface area contributed by atoms with Gasteiger partial charge in [0.15, 0.2) is 0 Å². The van der Waals surface area contributed by atoms with E-state index >= 15 is 0 Å². The van der Waals surface area contributed by atoms with Crippen molar-refractivity contribution >= 4 is 5.91 Å². The second-order valence-corrected chi connectivity index (χ2v) is 4.59. The Morgan fingerprint density at radius 2 is 2.37 bits per heavy atom. The molecule has 19 heavy (non-hydrogen) atoms. The Labute approximate surface area is 110 Å². The number of carbonyl (C=O) groups is 1. The van der Waals surface area contributed by atoms with E-state index in [0.717, 1.165) is 30.5 Å². The highest BCUT2D eigenvalue weighted by molar-refractivity contribution is 5.76. The summed E-state index contributed by atoms with van der Waals surface area (Å²) in [6.45, 7) is -0.113. The average Bonchev–Trinajstić information content (AvgIpc) is 2.40. The third-order valence-electron chi connectivity index (χ3n) is 3.33. The molecule has 1 amide bonds. The summed E-state index contributed by atoms with van der Waals surface area (Å²) >= 11 is 0. The van der Waals surface area contributed by atoms with E-state index in [-0.39, 0.29) is 30.6 Å². The molecule has 1 aromatic heterocycles. The quantitative estimate of drug-likeness (QED) is 0.736. The smallest absolute Gasteiger partial charge is 0.251 e. The van der Waals surface area contributed by atoms with Crippen LogP contribution in [0, 0.1) is 11.3 Å². The van der Waals surface area contributed by atoms with E-state index < -0.39 is 0 Å². The molecule has 1 aliphatic carbocycles. The van der Waals surface area contributed by atoms with Crippen LogP contribution in [0.25, 0.3) is 0 Å². The van der Waals surface area contributed by atoms with Crippen LogP contribution >= 0.6 is 0 Å². The number of pyridine rings is 1. The largest absolute Gasteiger partial charge is 0.341 e. The van der Waals surface area contributed by atoms with Crippen molar-refractivity contribution in [1.82, 2.24) is 9.88 Å². The lowest BCUT2D eigenvalue weighted by atomic mass is 9.91. The van der Waals surface area contributed by atoms with Crippen LogP contribution in [0.3, 0.4) is 0 Å². The summed E-state index contributed by atoms with van der Waals surface area (Å²) in [6, 6.07) is 4.96. The molecule has 6 nitrogen and oxygen atoms in total. The van der Waals surface area contributed by atoms with E-state index in [2.05, 4.69) is 5.32 Å². The lowest BCUT2D eigenvalue weighted by molar-refractivity contribution is -0.121. The molecule has 0 aliphatic heterocycles. The fourth-order valence-electron chi connectivity index (χ4n) is 2.41. The van der Waals surface area contributed by atoms with Crippen molar-refractivity contribution in [3.63, 3.8) is 0 Å². The molecule has 3 N–H and O–H groups in total. The third kappa shape index (κ3) is 2.83. The van der Waals surface area contributed by atoms with Crippen LogP contribution < -0.4 is 16.6 Å². The minimum Gasteiger partial charge on any atom is -0.341 e. The Morgan fingerprint density at radius 1 is 1.58 bits per heavy atom. The predicted octanol–water partition coefficient (Wildman–Crippen LogP) is -0.176. The molecule has 0 fully saturated rings. The van der Waals surface area contributed by atoms with Crippen molar-refractivity contribution in [3.8, 4) is 6.07 Å². The number of hydrogen-bond donors (Lipinski definition) is 2. The average molecular weight is 260 g/mol. The highest BCUT2D eigenvalue weighted by atomic mass is 16.2. The zero-order valence-electron chi connectivity index (χ0n) is 10.6. The van der Waals surface area contributed by atoms with Gasteiger partial charge in [-0.3, -0.25) is 9.59 Å². The maximum absolute atomic E-state index is 11.9. The molecular formula is C13H16N4O2. The fourth-order valence-corrected chi connectivity index (χ4v) is 2.41.